The maximum Gasteiger partial charge on any atom is 0.244 e. The van der Waals surface area contributed by atoms with Crippen molar-refractivity contribution in [1.29, 1.82) is 0 Å². The van der Waals surface area contributed by atoms with Crippen molar-refractivity contribution in [2.75, 3.05) is 23.7 Å². The predicted molar refractivity (Wildman–Crippen MR) is 133 cm³/mol. The van der Waals surface area contributed by atoms with Crippen LogP contribution in [0.25, 0.3) is 0 Å². The van der Waals surface area contributed by atoms with E-state index in [1.807, 2.05) is 71.0 Å². The Balaban J connectivity index is 2.46. The summed E-state index contributed by atoms with van der Waals surface area (Å²) in [6, 6.07) is 12.5. The zero-order chi connectivity index (χ0) is 24.8. The fourth-order valence-electron chi connectivity index (χ4n) is 3.68. The van der Waals surface area contributed by atoms with Gasteiger partial charge < -0.3 is 10.2 Å². The van der Waals surface area contributed by atoms with E-state index in [1.165, 1.54) is 4.90 Å². The minimum absolute atomic E-state index is 0.207. The number of anilines is 1. The number of likely N-dealkylation sites (N-methyl/N-ethyl adjacent to an activating group) is 1. The first-order chi connectivity index (χ1) is 15.5. The highest BCUT2D eigenvalue weighted by Crippen LogP contribution is 2.25. The van der Waals surface area contributed by atoms with Crippen molar-refractivity contribution in [3.63, 3.8) is 0 Å². The van der Waals surface area contributed by atoms with Crippen molar-refractivity contribution in [3.8, 4) is 0 Å². The molecule has 8 heteroatoms. The number of carbonyl (C=O) groups excluding carboxylic acids is 2. The van der Waals surface area contributed by atoms with Crippen LogP contribution < -0.4 is 9.62 Å². The predicted octanol–water partition coefficient (Wildman–Crippen LogP) is 3.32. The van der Waals surface area contributed by atoms with Crippen molar-refractivity contribution >= 4 is 27.5 Å². The van der Waals surface area contributed by atoms with E-state index < -0.39 is 22.0 Å². The lowest BCUT2D eigenvalue weighted by Gasteiger charge is -2.33. The van der Waals surface area contributed by atoms with Crippen LogP contribution in [0.4, 0.5) is 5.69 Å². The Labute approximate surface area is 197 Å². The van der Waals surface area contributed by atoms with Gasteiger partial charge in [-0.05, 0) is 56.9 Å². The smallest absolute Gasteiger partial charge is 0.244 e. The number of carbonyl (C=O) groups is 2. The lowest BCUT2D eigenvalue weighted by atomic mass is 10.1. The Morgan fingerprint density at radius 3 is 2.12 bits per heavy atom. The third-order valence-corrected chi connectivity index (χ3v) is 6.65. The molecule has 2 aromatic rings. The van der Waals surface area contributed by atoms with Crippen LogP contribution in [0, 0.1) is 20.8 Å². The molecule has 1 N–H and O–H groups in total. The summed E-state index contributed by atoms with van der Waals surface area (Å²) >= 11 is 0. The summed E-state index contributed by atoms with van der Waals surface area (Å²) in [4.78, 5) is 27.9. The van der Waals surface area contributed by atoms with E-state index in [1.54, 1.807) is 6.07 Å². The van der Waals surface area contributed by atoms with Crippen LogP contribution >= 0.6 is 0 Å². The SMILES string of the molecule is CCNC(=O)[C@H](CC)N(Cc1ccc(C)cc1)C(=O)CN(c1cc(C)ccc1C)S(C)(=O)=O. The normalized spacial score (nSPS) is 12.2. The van der Waals surface area contributed by atoms with Crippen molar-refractivity contribution in [2.45, 2.75) is 53.6 Å². The van der Waals surface area contributed by atoms with Crippen LogP contribution in [0.15, 0.2) is 42.5 Å². The Hall–Kier alpha value is -2.87. The largest absolute Gasteiger partial charge is 0.355 e. The van der Waals surface area contributed by atoms with E-state index >= 15 is 0 Å². The van der Waals surface area contributed by atoms with Gasteiger partial charge in [-0.1, -0.05) is 48.9 Å². The summed E-state index contributed by atoms with van der Waals surface area (Å²) in [5, 5.41) is 2.79. The molecule has 0 aliphatic heterocycles. The standard InChI is InChI=1S/C25H35N3O4S/c1-7-22(25(30)26-8-2)27(16-21-13-10-18(3)11-14-21)24(29)17-28(33(6,31)32)23-15-19(4)9-12-20(23)5/h9-15,22H,7-8,16-17H2,1-6H3,(H,26,30)/t22-/m0/s1. The Kier molecular flexibility index (Phi) is 9.05. The molecule has 0 aromatic heterocycles. The van der Waals surface area contributed by atoms with Crippen molar-refractivity contribution in [1.82, 2.24) is 10.2 Å². The molecule has 2 rings (SSSR count). The second-order valence-corrected chi connectivity index (χ2v) is 10.3. The van der Waals surface area contributed by atoms with Gasteiger partial charge in [0, 0.05) is 13.1 Å². The molecule has 0 saturated heterocycles. The Morgan fingerprint density at radius 2 is 1.58 bits per heavy atom. The molecule has 7 nitrogen and oxygen atoms in total. The number of amides is 2. The zero-order valence-electron chi connectivity index (χ0n) is 20.4. The van der Waals surface area contributed by atoms with Gasteiger partial charge in [0.2, 0.25) is 21.8 Å². The summed E-state index contributed by atoms with van der Waals surface area (Å²) in [6.45, 7) is 9.59. The highest BCUT2D eigenvalue weighted by atomic mass is 32.2. The number of sulfonamides is 1. The molecule has 0 radical (unpaired) electrons. The van der Waals surface area contributed by atoms with Crippen LogP contribution in [0.3, 0.4) is 0 Å². The monoisotopic (exact) mass is 473 g/mol. The molecule has 0 heterocycles. The van der Waals surface area contributed by atoms with Gasteiger partial charge in [0.15, 0.2) is 0 Å². The lowest BCUT2D eigenvalue weighted by molar-refractivity contribution is -0.140. The zero-order valence-corrected chi connectivity index (χ0v) is 21.2. The molecule has 0 spiro atoms. The quantitative estimate of drug-likeness (QED) is 0.574. The van der Waals surface area contributed by atoms with E-state index in [9.17, 15) is 18.0 Å². The van der Waals surface area contributed by atoms with Gasteiger partial charge in [0.25, 0.3) is 0 Å². The number of benzene rings is 2. The van der Waals surface area contributed by atoms with Crippen LogP contribution in [0.5, 0.6) is 0 Å². The molecule has 0 unspecified atom stereocenters. The molecule has 2 amide bonds. The average molecular weight is 474 g/mol. The molecule has 0 aliphatic rings. The molecule has 0 fully saturated rings. The van der Waals surface area contributed by atoms with Gasteiger partial charge in [-0.15, -0.1) is 0 Å². The molecular weight excluding hydrogens is 438 g/mol. The lowest BCUT2D eigenvalue weighted by Crippen LogP contribution is -2.52. The summed E-state index contributed by atoms with van der Waals surface area (Å²) in [5.41, 5.74) is 4.06. The fourth-order valence-corrected chi connectivity index (χ4v) is 4.58. The number of nitrogens with zero attached hydrogens (tertiary/aromatic N) is 2. The van der Waals surface area contributed by atoms with Gasteiger partial charge in [0.05, 0.1) is 11.9 Å². The van der Waals surface area contributed by atoms with Crippen molar-refractivity contribution in [2.24, 2.45) is 0 Å². The summed E-state index contributed by atoms with van der Waals surface area (Å²) in [7, 11) is -3.74. The van der Waals surface area contributed by atoms with Crippen molar-refractivity contribution in [3.05, 3.63) is 64.7 Å². The van der Waals surface area contributed by atoms with E-state index in [0.717, 1.165) is 32.8 Å². The summed E-state index contributed by atoms with van der Waals surface area (Å²) in [5.74, 6) is -0.682. The van der Waals surface area contributed by atoms with Crippen molar-refractivity contribution < 1.29 is 18.0 Å². The van der Waals surface area contributed by atoms with Gasteiger partial charge in [-0.25, -0.2) is 8.42 Å². The first-order valence-corrected chi connectivity index (χ1v) is 13.0. The Morgan fingerprint density at radius 1 is 0.970 bits per heavy atom. The fraction of sp³-hybridized carbons (Fsp3) is 0.440. The molecule has 0 saturated carbocycles. The highest BCUT2D eigenvalue weighted by Gasteiger charge is 2.31. The van der Waals surface area contributed by atoms with Gasteiger partial charge in [0.1, 0.15) is 12.6 Å². The number of aryl methyl sites for hydroxylation is 3. The van der Waals surface area contributed by atoms with Crippen LogP contribution in [0.1, 0.15) is 42.5 Å². The van der Waals surface area contributed by atoms with Gasteiger partial charge in [-0.3, -0.25) is 13.9 Å². The van der Waals surface area contributed by atoms with Crippen LogP contribution in [-0.4, -0.2) is 50.5 Å². The molecule has 33 heavy (non-hydrogen) atoms. The minimum atomic E-state index is -3.74. The minimum Gasteiger partial charge on any atom is -0.355 e. The van der Waals surface area contributed by atoms with E-state index in [2.05, 4.69) is 5.32 Å². The number of rotatable bonds is 10. The second kappa shape index (κ2) is 11.3. The first-order valence-electron chi connectivity index (χ1n) is 11.2. The number of nitrogens with one attached hydrogen (secondary N) is 1. The summed E-state index contributed by atoms with van der Waals surface area (Å²) < 4.78 is 26.5. The highest BCUT2D eigenvalue weighted by molar-refractivity contribution is 7.92. The van der Waals surface area contributed by atoms with E-state index in [4.69, 9.17) is 0 Å². The van der Waals surface area contributed by atoms with E-state index in [0.29, 0.717) is 18.7 Å². The number of hydrogen-bond donors (Lipinski definition) is 1. The Bertz CT molecular complexity index is 1080. The van der Waals surface area contributed by atoms with Gasteiger partial charge >= 0.3 is 0 Å². The summed E-state index contributed by atoms with van der Waals surface area (Å²) in [6.07, 6.45) is 1.50. The molecule has 0 bridgehead atoms. The first kappa shape index (κ1) is 26.4. The topological polar surface area (TPSA) is 86.8 Å². The maximum absolute atomic E-state index is 13.6. The molecular formula is C25H35N3O4S. The van der Waals surface area contributed by atoms with E-state index in [-0.39, 0.29) is 19.0 Å². The van der Waals surface area contributed by atoms with Crippen LogP contribution in [-0.2, 0) is 26.2 Å². The molecule has 0 aliphatic carbocycles. The number of hydrogen-bond acceptors (Lipinski definition) is 4. The molecule has 180 valence electrons. The molecule has 2 aromatic carbocycles. The molecule has 1 atom stereocenters. The van der Waals surface area contributed by atoms with Crippen LogP contribution in [0.2, 0.25) is 0 Å². The van der Waals surface area contributed by atoms with Gasteiger partial charge in [-0.2, -0.15) is 0 Å². The second-order valence-electron chi connectivity index (χ2n) is 8.39. The third-order valence-electron chi connectivity index (χ3n) is 5.52. The maximum atomic E-state index is 13.6. The third kappa shape index (κ3) is 7.05. The average Bonchev–Trinajstić information content (AvgIpc) is 2.74.